The molecule has 3 aromatic carbocycles. The summed E-state index contributed by atoms with van der Waals surface area (Å²) in [5, 5.41) is 55.5. The van der Waals surface area contributed by atoms with Gasteiger partial charge in [-0.05, 0) is 17.7 Å². The molecule has 1 saturated heterocycles. The first-order valence-corrected chi connectivity index (χ1v) is 21.4. The van der Waals surface area contributed by atoms with Gasteiger partial charge in [-0.15, -0.1) is 0 Å². The van der Waals surface area contributed by atoms with Gasteiger partial charge in [-0.2, -0.15) is 0 Å². The van der Waals surface area contributed by atoms with Gasteiger partial charge in [0.05, 0.1) is 55.3 Å². The highest BCUT2D eigenvalue weighted by molar-refractivity contribution is 5.90. The van der Waals surface area contributed by atoms with Gasteiger partial charge in [0.2, 0.25) is 12.0 Å². The second-order valence-electron chi connectivity index (χ2n) is 16.9. The topological polar surface area (TPSA) is 268 Å². The fourth-order valence-corrected chi connectivity index (χ4v) is 9.99. The lowest BCUT2D eigenvalue weighted by Gasteiger charge is -2.50. The largest absolute Gasteiger partial charge is 0.493 e. The van der Waals surface area contributed by atoms with Gasteiger partial charge in [-0.25, -0.2) is 0 Å². The predicted octanol–water partition coefficient (Wildman–Crippen LogP) is 1.22. The van der Waals surface area contributed by atoms with Crippen LogP contribution in [0.15, 0.2) is 76.6 Å². The molecule has 8 aliphatic rings. The Balaban J connectivity index is 1.17. The van der Waals surface area contributed by atoms with Crippen LogP contribution >= 0.6 is 0 Å². The number of aliphatic hydroxyl groups is 4. The number of fused-ring (bicyclic) bond motifs is 6. The molecule has 11 rings (SSSR count). The Labute approximate surface area is 377 Å². The molecule has 0 unspecified atom stereocenters. The molecule has 0 aliphatic carbocycles. The number of aliphatic carboxylic acids is 1. The number of nitrogens with two attached hydrogens (primary N) is 2. The molecular formula is C48H46N4O14. The van der Waals surface area contributed by atoms with E-state index in [0.29, 0.717) is 64.0 Å². The summed E-state index contributed by atoms with van der Waals surface area (Å²) in [5.41, 5.74) is 14.9. The van der Waals surface area contributed by atoms with Crippen molar-refractivity contribution in [1.82, 2.24) is 4.90 Å². The minimum atomic E-state index is -2.50. The first-order valence-electron chi connectivity index (χ1n) is 21.4. The van der Waals surface area contributed by atoms with E-state index in [-0.39, 0.29) is 25.5 Å². The predicted molar refractivity (Wildman–Crippen MR) is 230 cm³/mol. The SMILES string of the molecule is COc1ccc2c3c1OCCC#C[C@H](c1ccccc1)[C@H]1Oc4cc5c(c(CN6CC7=CC=NC7=C6CO)c4[C@H](O3)[C@H]21)C#CC[C@]1(O)[C@H](O)[C@@H](O)[C@H](O5)O[C@@H]1[C@H](OC(=O)CC(=O)O)C(N)N. The molecule has 9 N–H and O–H groups in total. The average Bonchev–Trinajstić information content (AvgIpc) is 4.00. The molecule has 18 heteroatoms. The quantitative estimate of drug-likeness (QED) is 0.0653. The van der Waals surface area contributed by atoms with Gasteiger partial charge < -0.3 is 75.1 Å². The number of rotatable bonds is 10. The van der Waals surface area contributed by atoms with Crippen molar-refractivity contribution in [3.8, 4) is 52.4 Å². The average molecular weight is 903 g/mol. The van der Waals surface area contributed by atoms with Gasteiger partial charge in [-0.3, -0.25) is 14.6 Å². The van der Waals surface area contributed by atoms with Crippen molar-refractivity contribution >= 4 is 18.2 Å². The van der Waals surface area contributed by atoms with Crippen molar-refractivity contribution in [3.63, 3.8) is 0 Å². The first-order chi connectivity index (χ1) is 31.9. The lowest BCUT2D eigenvalue weighted by atomic mass is 9.75. The van der Waals surface area contributed by atoms with E-state index in [1.165, 1.54) is 0 Å². The summed E-state index contributed by atoms with van der Waals surface area (Å²) in [6.07, 6.45) is -9.98. The highest BCUT2D eigenvalue weighted by Crippen LogP contribution is 2.61. The third-order valence-corrected chi connectivity index (χ3v) is 13.0. The van der Waals surface area contributed by atoms with Crippen molar-refractivity contribution in [1.29, 1.82) is 0 Å². The van der Waals surface area contributed by atoms with Crippen LogP contribution in [0.4, 0.5) is 0 Å². The molecule has 0 amide bonds. The van der Waals surface area contributed by atoms with Crippen LogP contribution in [0.1, 0.15) is 65.0 Å². The van der Waals surface area contributed by atoms with Crippen molar-refractivity contribution in [2.75, 3.05) is 26.9 Å². The molecule has 0 spiro atoms. The number of nitrogens with zero attached hydrogens (tertiary/aromatic N) is 2. The maximum Gasteiger partial charge on any atom is 0.317 e. The summed E-state index contributed by atoms with van der Waals surface area (Å²) >= 11 is 0. The number of aliphatic imine (C=N–C) groups is 1. The van der Waals surface area contributed by atoms with Crippen LogP contribution in [-0.2, 0) is 25.6 Å². The van der Waals surface area contributed by atoms with E-state index in [1.807, 2.05) is 53.4 Å². The fourth-order valence-electron chi connectivity index (χ4n) is 9.99. The van der Waals surface area contributed by atoms with Crippen molar-refractivity contribution in [3.05, 3.63) is 99.4 Å². The number of methoxy groups -OCH3 is 1. The number of carbonyl (C=O) groups is 2. The third-order valence-electron chi connectivity index (χ3n) is 13.0. The molecule has 0 aromatic heterocycles. The third kappa shape index (κ3) is 7.18. The van der Waals surface area contributed by atoms with Crippen molar-refractivity contribution in [2.24, 2.45) is 16.5 Å². The van der Waals surface area contributed by atoms with E-state index >= 15 is 0 Å². The number of ether oxygens (including phenoxy) is 7. The number of benzene rings is 3. The number of aliphatic hydroxyl groups excluding tert-OH is 3. The van der Waals surface area contributed by atoms with Gasteiger partial charge in [0.15, 0.2) is 17.6 Å². The summed E-state index contributed by atoms with van der Waals surface area (Å²) in [7, 11) is 1.56. The summed E-state index contributed by atoms with van der Waals surface area (Å²) in [6, 6.07) is 15.2. The van der Waals surface area contributed by atoms with E-state index in [2.05, 4.69) is 28.7 Å². The zero-order valence-corrected chi connectivity index (χ0v) is 35.5. The Morgan fingerprint density at radius 1 is 1.06 bits per heavy atom. The molecule has 10 atom stereocenters. The Hall–Kier alpha value is -6.61. The Morgan fingerprint density at radius 3 is 2.64 bits per heavy atom. The second-order valence-corrected chi connectivity index (χ2v) is 16.9. The molecule has 18 nitrogen and oxygen atoms in total. The summed E-state index contributed by atoms with van der Waals surface area (Å²) in [5.74, 6) is 10.9. The number of allylic oxidation sites excluding steroid dienone is 1. The van der Waals surface area contributed by atoms with Crippen LogP contribution in [0, 0.1) is 23.7 Å². The zero-order chi connectivity index (χ0) is 46.0. The summed E-state index contributed by atoms with van der Waals surface area (Å²) in [4.78, 5) is 30.5. The van der Waals surface area contributed by atoms with Crippen molar-refractivity contribution < 1.29 is 68.3 Å². The number of esters is 1. The minimum Gasteiger partial charge on any atom is -0.493 e. The van der Waals surface area contributed by atoms with Crippen LogP contribution in [-0.4, -0.2) is 124 Å². The van der Waals surface area contributed by atoms with Crippen LogP contribution in [0.3, 0.4) is 0 Å². The number of hydrogen-bond acceptors (Lipinski definition) is 17. The smallest absolute Gasteiger partial charge is 0.317 e. The van der Waals surface area contributed by atoms with Crippen LogP contribution in [0.25, 0.3) is 0 Å². The molecule has 1 fully saturated rings. The maximum atomic E-state index is 12.7. The molecule has 8 aliphatic heterocycles. The van der Waals surface area contributed by atoms with E-state index in [4.69, 9.17) is 44.6 Å². The number of carbonyl (C=O) groups excluding carboxylic acids is 1. The normalized spacial score (nSPS) is 28.8. The fraction of sp³-hybridized carbons (Fsp3) is 0.396. The molecule has 3 aromatic rings. The highest BCUT2D eigenvalue weighted by atomic mass is 16.7. The number of carboxylic acid groups (broad SMARTS) is 1. The zero-order valence-electron chi connectivity index (χ0n) is 35.5. The van der Waals surface area contributed by atoms with E-state index in [0.717, 1.165) is 16.7 Å². The Kier molecular flexibility index (Phi) is 11.1. The number of carboxylic acids is 1. The molecule has 66 heavy (non-hydrogen) atoms. The van der Waals surface area contributed by atoms with Crippen molar-refractivity contribution in [2.45, 2.75) is 92.3 Å². The summed E-state index contributed by atoms with van der Waals surface area (Å²) in [6.45, 7) is 0.425. The monoisotopic (exact) mass is 902 g/mol. The van der Waals surface area contributed by atoms with Crippen LogP contribution < -0.4 is 35.2 Å². The maximum absolute atomic E-state index is 12.7. The van der Waals surface area contributed by atoms with E-state index in [9.17, 15) is 35.1 Å². The molecule has 0 saturated carbocycles. The number of hydrogen-bond donors (Lipinski definition) is 7. The van der Waals surface area contributed by atoms with Gasteiger partial charge in [0.25, 0.3) is 0 Å². The highest BCUT2D eigenvalue weighted by Gasteiger charge is 2.60. The standard InChI is InChI=1S/C48H46N4O14/c1-60-30-13-12-27-36-39-25(23-8-3-2-4-9-23)10-5-6-17-61-41(30)40(27)65-42(36)35-28(21-52-20-24-14-16-51-37(24)29(52)22-53)26-11-7-15-48(59)44(58)38(57)47(63-31(26)18-32(35)62-39)66-45(48)43(46(49)50)64-34(56)19-33(54)55/h2-4,8-9,12-14,16,18,25,36,38-39,42-47,53,57-59H,6,15,17,19-22,49-50H2,1H3,(H,54,55)/t25-,36-,38-,39-,42+,43+,44-,45-,47-,48+/m1/s1. The Morgan fingerprint density at radius 2 is 1.88 bits per heavy atom. The summed E-state index contributed by atoms with van der Waals surface area (Å²) < 4.78 is 44.6. The van der Waals surface area contributed by atoms with Crippen LogP contribution in [0.5, 0.6) is 28.7 Å². The van der Waals surface area contributed by atoms with Gasteiger partial charge in [0.1, 0.15) is 54.0 Å². The molecular weight excluding hydrogens is 857 g/mol. The minimum absolute atomic E-state index is 0.0340. The van der Waals surface area contributed by atoms with Gasteiger partial charge in [-0.1, -0.05) is 60.1 Å². The van der Waals surface area contributed by atoms with Gasteiger partial charge in [0, 0.05) is 60.5 Å². The first kappa shape index (κ1) is 43.3. The van der Waals surface area contributed by atoms with E-state index in [1.54, 1.807) is 19.4 Å². The molecule has 6 bridgehead atoms. The van der Waals surface area contributed by atoms with Crippen LogP contribution in [0.2, 0.25) is 0 Å². The lowest BCUT2D eigenvalue weighted by molar-refractivity contribution is -0.324. The molecule has 8 heterocycles. The molecule has 0 radical (unpaired) electrons. The molecule has 342 valence electrons. The Bertz CT molecular complexity index is 2720. The second kappa shape index (κ2) is 17.0. The van der Waals surface area contributed by atoms with Gasteiger partial charge >= 0.3 is 11.9 Å². The lowest BCUT2D eigenvalue weighted by Crippen LogP contribution is -2.72. The van der Waals surface area contributed by atoms with E-state index < -0.39 is 91.3 Å².